The largest absolute Gasteiger partial charge is 0.381 e. The summed E-state index contributed by atoms with van der Waals surface area (Å²) in [5.74, 6) is 0.228. The number of nitrogens with one attached hydrogen (secondary N) is 3. The molecule has 1 fully saturated rings. The number of carbonyl (C=O) groups excluding carboxylic acids is 1. The van der Waals surface area contributed by atoms with Gasteiger partial charge in [-0.05, 0) is 55.5 Å². The molecule has 1 aliphatic rings. The second-order valence-corrected chi connectivity index (χ2v) is 7.58. The SMILES string of the molecule is O=C(NCc1cccc(Cl)c1)C1CCC(Nc2cccc3[nH]cnc23)CC1. The van der Waals surface area contributed by atoms with E-state index in [4.69, 9.17) is 11.6 Å². The molecule has 0 unspecified atom stereocenters. The van der Waals surface area contributed by atoms with E-state index in [1.54, 1.807) is 6.33 Å². The van der Waals surface area contributed by atoms with E-state index in [0.717, 1.165) is 48.0 Å². The molecule has 1 aliphatic carbocycles. The van der Waals surface area contributed by atoms with Crippen LogP contribution in [0.15, 0.2) is 48.8 Å². The number of aromatic nitrogens is 2. The first-order valence-corrected chi connectivity index (χ1v) is 9.77. The molecular formula is C21H23ClN4O. The third kappa shape index (κ3) is 4.25. The zero-order chi connectivity index (χ0) is 18.6. The van der Waals surface area contributed by atoms with Crippen molar-refractivity contribution in [1.82, 2.24) is 15.3 Å². The molecule has 5 nitrogen and oxygen atoms in total. The zero-order valence-electron chi connectivity index (χ0n) is 15.0. The maximum atomic E-state index is 12.5. The smallest absolute Gasteiger partial charge is 0.223 e. The molecule has 0 bridgehead atoms. The van der Waals surface area contributed by atoms with E-state index in [1.165, 1.54) is 0 Å². The first kappa shape index (κ1) is 17.9. The maximum absolute atomic E-state index is 12.5. The Morgan fingerprint density at radius 1 is 1.15 bits per heavy atom. The van der Waals surface area contributed by atoms with Gasteiger partial charge in [-0.1, -0.05) is 29.8 Å². The summed E-state index contributed by atoms with van der Waals surface area (Å²) in [5, 5.41) is 7.35. The van der Waals surface area contributed by atoms with Crippen LogP contribution in [-0.2, 0) is 11.3 Å². The Morgan fingerprint density at radius 3 is 2.78 bits per heavy atom. The van der Waals surface area contributed by atoms with Crippen LogP contribution in [-0.4, -0.2) is 21.9 Å². The molecule has 4 rings (SSSR count). The highest BCUT2D eigenvalue weighted by molar-refractivity contribution is 6.30. The minimum Gasteiger partial charge on any atom is -0.381 e. The normalized spacial score (nSPS) is 19.7. The third-order valence-corrected chi connectivity index (χ3v) is 5.50. The van der Waals surface area contributed by atoms with Gasteiger partial charge in [0.1, 0.15) is 5.52 Å². The maximum Gasteiger partial charge on any atom is 0.223 e. The molecule has 0 atom stereocenters. The number of nitrogens with zero attached hydrogens (tertiary/aromatic N) is 1. The average Bonchev–Trinajstić information content (AvgIpc) is 3.17. The van der Waals surface area contributed by atoms with Crippen molar-refractivity contribution >= 4 is 34.2 Å². The molecule has 0 saturated heterocycles. The van der Waals surface area contributed by atoms with E-state index in [1.807, 2.05) is 36.4 Å². The quantitative estimate of drug-likeness (QED) is 0.608. The number of imidazole rings is 1. The Balaban J connectivity index is 1.28. The summed E-state index contributed by atoms with van der Waals surface area (Å²) in [6.07, 6.45) is 5.48. The number of amides is 1. The van der Waals surface area contributed by atoms with Crippen molar-refractivity contribution in [3.05, 3.63) is 59.4 Å². The van der Waals surface area contributed by atoms with Crippen LogP contribution in [0.4, 0.5) is 5.69 Å². The molecule has 1 amide bonds. The minimum atomic E-state index is 0.0865. The van der Waals surface area contributed by atoms with Gasteiger partial charge < -0.3 is 15.6 Å². The van der Waals surface area contributed by atoms with E-state index in [0.29, 0.717) is 17.6 Å². The molecular weight excluding hydrogens is 360 g/mol. The lowest BCUT2D eigenvalue weighted by Crippen LogP contribution is -2.35. The molecule has 3 N–H and O–H groups in total. The van der Waals surface area contributed by atoms with Gasteiger partial charge in [-0.15, -0.1) is 0 Å². The predicted molar refractivity (Wildman–Crippen MR) is 109 cm³/mol. The topological polar surface area (TPSA) is 69.8 Å². The number of aromatic amines is 1. The second kappa shape index (κ2) is 8.01. The number of fused-ring (bicyclic) bond motifs is 1. The third-order valence-electron chi connectivity index (χ3n) is 5.26. The summed E-state index contributed by atoms with van der Waals surface area (Å²) >= 11 is 5.99. The van der Waals surface area contributed by atoms with Gasteiger partial charge in [-0.3, -0.25) is 4.79 Å². The lowest BCUT2D eigenvalue weighted by Gasteiger charge is -2.29. The second-order valence-electron chi connectivity index (χ2n) is 7.14. The molecule has 2 aromatic carbocycles. The van der Waals surface area contributed by atoms with Crippen molar-refractivity contribution in [2.24, 2.45) is 5.92 Å². The molecule has 140 valence electrons. The highest BCUT2D eigenvalue weighted by atomic mass is 35.5. The van der Waals surface area contributed by atoms with Gasteiger partial charge in [0.2, 0.25) is 5.91 Å². The van der Waals surface area contributed by atoms with Crippen LogP contribution in [0.5, 0.6) is 0 Å². The minimum absolute atomic E-state index is 0.0865. The van der Waals surface area contributed by atoms with E-state index >= 15 is 0 Å². The molecule has 1 saturated carbocycles. The molecule has 1 aromatic heterocycles. The van der Waals surface area contributed by atoms with Crippen molar-refractivity contribution in [1.29, 1.82) is 0 Å². The zero-order valence-corrected chi connectivity index (χ0v) is 15.8. The first-order chi connectivity index (χ1) is 13.2. The summed E-state index contributed by atoms with van der Waals surface area (Å²) in [4.78, 5) is 20.0. The monoisotopic (exact) mass is 382 g/mol. The van der Waals surface area contributed by atoms with Crippen LogP contribution < -0.4 is 10.6 Å². The molecule has 3 aromatic rings. The molecule has 0 radical (unpaired) electrons. The number of halogens is 1. The Kier molecular flexibility index (Phi) is 5.30. The number of hydrogen-bond acceptors (Lipinski definition) is 3. The lowest BCUT2D eigenvalue weighted by molar-refractivity contribution is -0.126. The summed E-state index contributed by atoms with van der Waals surface area (Å²) in [5.41, 5.74) is 4.09. The molecule has 1 heterocycles. The first-order valence-electron chi connectivity index (χ1n) is 9.40. The van der Waals surface area contributed by atoms with Gasteiger partial charge in [0.25, 0.3) is 0 Å². The fourth-order valence-electron chi connectivity index (χ4n) is 3.78. The number of benzene rings is 2. The number of anilines is 1. The van der Waals surface area contributed by atoms with E-state index < -0.39 is 0 Å². The van der Waals surface area contributed by atoms with E-state index in [2.05, 4.69) is 26.7 Å². The fraction of sp³-hybridized carbons (Fsp3) is 0.333. The number of H-pyrrole nitrogens is 1. The highest BCUT2D eigenvalue weighted by Crippen LogP contribution is 2.29. The van der Waals surface area contributed by atoms with Crippen molar-refractivity contribution < 1.29 is 4.79 Å². The highest BCUT2D eigenvalue weighted by Gasteiger charge is 2.26. The van der Waals surface area contributed by atoms with Gasteiger partial charge in [0.05, 0.1) is 17.5 Å². The van der Waals surface area contributed by atoms with E-state index in [-0.39, 0.29) is 11.8 Å². The Hall–Kier alpha value is -2.53. The van der Waals surface area contributed by atoms with Crippen LogP contribution in [0, 0.1) is 5.92 Å². The summed E-state index contributed by atoms with van der Waals surface area (Å²) in [6, 6.07) is 14.1. The number of hydrogen-bond donors (Lipinski definition) is 3. The van der Waals surface area contributed by atoms with Crippen LogP contribution in [0.1, 0.15) is 31.2 Å². The standard InChI is InChI=1S/C21H23ClN4O/c22-16-4-1-3-14(11-16)12-23-21(27)15-7-9-17(10-8-15)26-19-6-2-5-18-20(19)25-13-24-18/h1-6,11,13,15,17,26H,7-10,12H2,(H,23,27)(H,24,25). The van der Waals surface area contributed by atoms with Crippen molar-refractivity contribution in [3.63, 3.8) is 0 Å². The van der Waals surface area contributed by atoms with Crippen molar-refractivity contribution in [3.8, 4) is 0 Å². The van der Waals surface area contributed by atoms with Gasteiger partial charge in [0.15, 0.2) is 0 Å². The summed E-state index contributed by atoms with van der Waals surface area (Å²) in [7, 11) is 0. The van der Waals surface area contributed by atoms with Gasteiger partial charge in [-0.25, -0.2) is 4.98 Å². The molecule has 0 spiro atoms. The number of rotatable bonds is 5. The molecule has 6 heteroatoms. The predicted octanol–water partition coefficient (Wildman–Crippen LogP) is 4.50. The lowest BCUT2D eigenvalue weighted by atomic mass is 9.85. The van der Waals surface area contributed by atoms with E-state index in [9.17, 15) is 4.79 Å². The van der Waals surface area contributed by atoms with Crippen LogP contribution in [0.25, 0.3) is 11.0 Å². The van der Waals surface area contributed by atoms with Gasteiger partial charge in [-0.2, -0.15) is 0 Å². The van der Waals surface area contributed by atoms with Crippen molar-refractivity contribution in [2.45, 2.75) is 38.3 Å². The summed E-state index contributed by atoms with van der Waals surface area (Å²) in [6.45, 7) is 0.527. The Bertz CT molecular complexity index is 931. The van der Waals surface area contributed by atoms with Crippen molar-refractivity contribution in [2.75, 3.05) is 5.32 Å². The Labute approximate surface area is 163 Å². The molecule has 0 aliphatic heterocycles. The number of para-hydroxylation sites is 1. The van der Waals surface area contributed by atoms with Crippen LogP contribution in [0.3, 0.4) is 0 Å². The van der Waals surface area contributed by atoms with Crippen LogP contribution >= 0.6 is 11.6 Å². The number of carbonyl (C=O) groups is 1. The average molecular weight is 383 g/mol. The van der Waals surface area contributed by atoms with Gasteiger partial charge >= 0.3 is 0 Å². The molecule has 27 heavy (non-hydrogen) atoms. The summed E-state index contributed by atoms with van der Waals surface area (Å²) < 4.78 is 0. The van der Waals surface area contributed by atoms with Gasteiger partial charge in [0, 0.05) is 23.5 Å². The Morgan fingerprint density at radius 2 is 1.96 bits per heavy atom. The van der Waals surface area contributed by atoms with Crippen LogP contribution in [0.2, 0.25) is 5.02 Å². The fourth-order valence-corrected chi connectivity index (χ4v) is 4.00.